The zero-order valence-electron chi connectivity index (χ0n) is 11.6. The number of hydrogen-bond acceptors (Lipinski definition) is 3. The molecule has 18 heavy (non-hydrogen) atoms. The summed E-state index contributed by atoms with van der Waals surface area (Å²) in [4.78, 5) is 2.44. The predicted octanol–water partition coefficient (Wildman–Crippen LogP) is 1.92. The van der Waals surface area contributed by atoms with Crippen LogP contribution in [0.5, 0.6) is 5.75 Å². The number of likely N-dealkylation sites (N-methyl/N-ethyl adjacent to an activating group) is 1. The number of nitrogens with one attached hydrogen (secondary N) is 1. The smallest absolute Gasteiger partial charge is 0.119 e. The summed E-state index contributed by atoms with van der Waals surface area (Å²) in [6.07, 6.45) is 1.35. The first kappa shape index (κ1) is 13.4. The van der Waals surface area contributed by atoms with Crippen LogP contribution >= 0.6 is 0 Å². The van der Waals surface area contributed by atoms with Gasteiger partial charge in [0.15, 0.2) is 0 Å². The first-order valence-electron chi connectivity index (χ1n) is 6.81. The molecule has 1 aromatic rings. The van der Waals surface area contributed by atoms with Crippen molar-refractivity contribution in [2.24, 2.45) is 0 Å². The summed E-state index contributed by atoms with van der Waals surface area (Å²) in [5.74, 6) is 0.963. The van der Waals surface area contributed by atoms with E-state index in [1.54, 1.807) is 0 Å². The average Bonchev–Trinajstić information content (AvgIpc) is 2.25. The van der Waals surface area contributed by atoms with E-state index in [-0.39, 0.29) is 6.10 Å². The number of nitrogens with zero attached hydrogens (tertiary/aromatic N) is 1. The van der Waals surface area contributed by atoms with Crippen LogP contribution in [-0.4, -0.2) is 43.7 Å². The van der Waals surface area contributed by atoms with E-state index >= 15 is 0 Å². The molecular weight excluding hydrogens is 224 g/mol. The highest BCUT2D eigenvalue weighted by atomic mass is 16.5. The fourth-order valence-electron chi connectivity index (χ4n) is 2.08. The Labute approximate surface area is 110 Å². The van der Waals surface area contributed by atoms with E-state index in [9.17, 15) is 0 Å². The molecule has 1 N–H and O–H groups in total. The minimum atomic E-state index is 0.244. The molecule has 3 nitrogen and oxygen atoms in total. The van der Waals surface area contributed by atoms with Gasteiger partial charge in [-0.1, -0.05) is 12.1 Å². The van der Waals surface area contributed by atoms with Crippen molar-refractivity contribution < 1.29 is 4.74 Å². The lowest BCUT2D eigenvalue weighted by atomic mass is 10.1. The average molecular weight is 248 g/mol. The fraction of sp³-hybridized carbons (Fsp3) is 0.600. The lowest BCUT2D eigenvalue weighted by molar-refractivity contribution is 0.182. The monoisotopic (exact) mass is 248 g/mol. The first-order valence-corrected chi connectivity index (χ1v) is 6.81. The summed E-state index contributed by atoms with van der Waals surface area (Å²) in [5, 5.41) is 3.31. The summed E-state index contributed by atoms with van der Waals surface area (Å²) < 4.78 is 5.64. The van der Waals surface area contributed by atoms with Gasteiger partial charge in [0.1, 0.15) is 5.75 Å². The minimum absolute atomic E-state index is 0.244. The van der Waals surface area contributed by atoms with Gasteiger partial charge in [-0.15, -0.1) is 0 Å². The fourth-order valence-corrected chi connectivity index (χ4v) is 2.08. The van der Waals surface area contributed by atoms with Gasteiger partial charge in [-0.05, 0) is 45.0 Å². The second-order valence-electron chi connectivity index (χ2n) is 5.35. The molecule has 0 unspecified atom stereocenters. The Morgan fingerprint density at radius 1 is 1.28 bits per heavy atom. The van der Waals surface area contributed by atoms with E-state index in [0.29, 0.717) is 0 Å². The molecule has 0 amide bonds. The summed E-state index contributed by atoms with van der Waals surface area (Å²) >= 11 is 0. The van der Waals surface area contributed by atoms with Gasteiger partial charge >= 0.3 is 0 Å². The quantitative estimate of drug-likeness (QED) is 0.832. The maximum absolute atomic E-state index is 5.64. The molecule has 1 fully saturated rings. The van der Waals surface area contributed by atoms with Gasteiger partial charge in [-0.2, -0.15) is 0 Å². The van der Waals surface area contributed by atoms with E-state index in [0.717, 1.165) is 37.8 Å². The maximum atomic E-state index is 5.64. The van der Waals surface area contributed by atoms with Crippen molar-refractivity contribution in [3.05, 3.63) is 29.8 Å². The summed E-state index contributed by atoms with van der Waals surface area (Å²) in [6, 6.07) is 9.21. The van der Waals surface area contributed by atoms with E-state index in [1.807, 2.05) is 0 Å². The molecule has 1 aliphatic rings. The van der Waals surface area contributed by atoms with Crippen molar-refractivity contribution in [1.29, 1.82) is 0 Å². The lowest BCUT2D eigenvalue weighted by Crippen LogP contribution is -2.56. The predicted molar refractivity (Wildman–Crippen MR) is 75.2 cm³/mol. The Kier molecular flexibility index (Phi) is 4.61. The molecule has 100 valence electrons. The van der Waals surface area contributed by atoms with Crippen LogP contribution < -0.4 is 10.1 Å². The van der Waals surface area contributed by atoms with Crippen molar-refractivity contribution in [1.82, 2.24) is 10.2 Å². The standard InChI is InChI=1S/C15H24N2O/c1-12(2)18-15-6-4-13(5-7-15)8-9-17(3)14-10-16-11-14/h4-7,12,14,16H,8-11H2,1-3H3. The van der Waals surface area contributed by atoms with E-state index in [4.69, 9.17) is 4.74 Å². The molecule has 0 spiro atoms. The second-order valence-corrected chi connectivity index (χ2v) is 5.35. The van der Waals surface area contributed by atoms with E-state index in [1.165, 1.54) is 5.56 Å². The van der Waals surface area contributed by atoms with Crippen LogP contribution in [0.4, 0.5) is 0 Å². The molecule has 1 heterocycles. The molecule has 3 heteroatoms. The summed E-state index contributed by atoms with van der Waals surface area (Å²) in [5.41, 5.74) is 1.38. The van der Waals surface area contributed by atoms with Crippen LogP contribution in [-0.2, 0) is 6.42 Å². The molecule has 2 rings (SSSR count). The Hall–Kier alpha value is -1.06. The Bertz CT molecular complexity index is 357. The number of rotatable bonds is 6. The molecule has 1 aliphatic heterocycles. The van der Waals surface area contributed by atoms with Gasteiger partial charge in [0.05, 0.1) is 6.10 Å². The first-order chi connectivity index (χ1) is 8.65. The van der Waals surface area contributed by atoms with Gasteiger partial charge in [0.2, 0.25) is 0 Å². The van der Waals surface area contributed by atoms with Gasteiger partial charge in [-0.25, -0.2) is 0 Å². The molecule has 0 aliphatic carbocycles. The van der Waals surface area contributed by atoms with Crippen LogP contribution in [0.3, 0.4) is 0 Å². The highest BCUT2D eigenvalue weighted by Crippen LogP contribution is 2.14. The van der Waals surface area contributed by atoms with Crippen LogP contribution in [0.1, 0.15) is 19.4 Å². The van der Waals surface area contributed by atoms with Gasteiger partial charge in [0, 0.05) is 25.7 Å². The van der Waals surface area contributed by atoms with Crippen LogP contribution in [0.15, 0.2) is 24.3 Å². The molecule has 0 bridgehead atoms. The van der Waals surface area contributed by atoms with Crippen molar-refractivity contribution >= 4 is 0 Å². The molecule has 1 saturated heterocycles. The Balaban J connectivity index is 1.78. The zero-order valence-corrected chi connectivity index (χ0v) is 11.6. The van der Waals surface area contributed by atoms with E-state index < -0.39 is 0 Å². The molecule has 0 saturated carbocycles. The van der Waals surface area contributed by atoms with Crippen LogP contribution in [0.25, 0.3) is 0 Å². The zero-order chi connectivity index (χ0) is 13.0. The third-order valence-electron chi connectivity index (χ3n) is 3.43. The van der Waals surface area contributed by atoms with Crippen molar-refractivity contribution in [2.45, 2.75) is 32.4 Å². The highest BCUT2D eigenvalue weighted by Gasteiger charge is 2.20. The van der Waals surface area contributed by atoms with Crippen molar-refractivity contribution in [2.75, 3.05) is 26.7 Å². The summed E-state index contributed by atoms with van der Waals surface area (Å²) in [6.45, 7) is 7.50. The second kappa shape index (κ2) is 6.21. The normalized spacial score (nSPS) is 16.1. The van der Waals surface area contributed by atoms with E-state index in [2.05, 4.69) is 55.4 Å². The molecule has 1 aromatic carbocycles. The van der Waals surface area contributed by atoms with Gasteiger partial charge in [0.25, 0.3) is 0 Å². The summed E-state index contributed by atoms with van der Waals surface area (Å²) in [7, 11) is 2.21. The minimum Gasteiger partial charge on any atom is -0.491 e. The number of benzene rings is 1. The highest BCUT2D eigenvalue weighted by molar-refractivity contribution is 5.27. The Morgan fingerprint density at radius 3 is 2.44 bits per heavy atom. The molecule has 0 aromatic heterocycles. The van der Waals surface area contributed by atoms with Crippen molar-refractivity contribution in [3.8, 4) is 5.75 Å². The topological polar surface area (TPSA) is 24.5 Å². The number of ether oxygens (including phenoxy) is 1. The molecular formula is C15H24N2O. The van der Waals surface area contributed by atoms with Gasteiger partial charge in [-0.3, -0.25) is 0 Å². The molecule has 0 atom stereocenters. The SMILES string of the molecule is CC(C)Oc1ccc(CCN(C)C2CNC2)cc1. The Morgan fingerprint density at radius 2 is 1.94 bits per heavy atom. The van der Waals surface area contributed by atoms with Crippen LogP contribution in [0, 0.1) is 0 Å². The maximum Gasteiger partial charge on any atom is 0.119 e. The lowest BCUT2D eigenvalue weighted by Gasteiger charge is -2.35. The van der Waals surface area contributed by atoms with Crippen LogP contribution in [0.2, 0.25) is 0 Å². The third-order valence-corrected chi connectivity index (χ3v) is 3.43. The third kappa shape index (κ3) is 3.72. The largest absolute Gasteiger partial charge is 0.491 e. The number of hydrogen-bond donors (Lipinski definition) is 1. The van der Waals surface area contributed by atoms with Crippen molar-refractivity contribution in [3.63, 3.8) is 0 Å². The molecule has 0 radical (unpaired) electrons. The van der Waals surface area contributed by atoms with Gasteiger partial charge < -0.3 is 15.0 Å².